The summed E-state index contributed by atoms with van der Waals surface area (Å²) in [6.07, 6.45) is 2.40. The number of carbonyl (C=O) groups is 4. The molecule has 0 radical (unpaired) electrons. The lowest BCUT2D eigenvalue weighted by Gasteiger charge is -2.29. The van der Waals surface area contributed by atoms with Crippen LogP contribution in [0.5, 0.6) is 0 Å². The average Bonchev–Trinajstić information content (AvgIpc) is 3.82. The zero-order valence-electron chi connectivity index (χ0n) is 26.9. The first kappa shape index (κ1) is 33.9. The second kappa shape index (κ2) is 15.3. The van der Waals surface area contributed by atoms with E-state index in [-0.39, 0.29) is 43.4 Å². The number of benzene rings is 2. The normalized spacial score (nSPS) is 27.5. The third-order valence-corrected chi connectivity index (χ3v) is 8.32. The molecule has 0 saturated carbocycles. The molecule has 6 atom stereocenters. The molecule has 0 aliphatic carbocycles. The summed E-state index contributed by atoms with van der Waals surface area (Å²) in [6.45, 7) is 9.08. The lowest BCUT2D eigenvalue weighted by molar-refractivity contribution is -0.179. The van der Waals surface area contributed by atoms with Gasteiger partial charge in [0.15, 0.2) is 6.10 Å². The molecule has 2 aliphatic heterocycles. The summed E-state index contributed by atoms with van der Waals surface area (Å²) < 4.78 is 17.8. The standard InChI is InChI=1S/C36H46N2O7/c1-23(2)21-29-34(41)43-28(24(3)31-32(45-31)26-15-10-7-11-16-26)17-12-18-30(39)38-27(20-19-25-13-8-6-9-14-25)33(40)37-22-36(4,5)35(42)44-29/h6-16,18,23-24,27-29,31-32H,17,19-22H2,1-5H3,(H,37,40)(H,38,39)/b18-12+/t24-,27+,28-,29-,31-,32-/m0/s1. The highest BCUT2D eigenvalue weighted by Crippen LogP contribution is 2.45. The van der Waals surface area contributed by atoms with Crippen LogP contribution in [0.4, 0.5) is 0 Å². The highest BCUT2D eigenvalue weighted by Gasteiger charge is 2.48. The Morgan fingerprint density at radius 2 is 1.58 bits per heavy atom. The molecule has 2 aromatic carbocycles. The number of hydrogen-bond acceptors (Lipinski definition) is 7. The van der Waals surface area contributed by atoms with Gasteiger partial charge in [0.1, 0.15) is 18.2 Å². The van der Waals surface area contributed by atoms with E-state index in [1.165, 1.54) is 6.08 Å². The highest BCUT2D eigenvalue weighted by atomic mass is 16.6. The summed E-state index contributed by atoms with van der Waals surface area (Å²) in [6, 6.07) is 18.7. The molecule has 2 N–H and O–H groups in total. The summed E-state index contributed by atoms with van der Waals surface area (Å²) >= 11 is 0. The monoisotopic (exact) mass is 618 g/mol. The minimum Gasteiger partial charge on any atom is -0.459 e. The van der Waals surface area contributed by atoms with Crippen molar-refractivity contribution in [2.45, 2.75) is 90.8 Å². The van der Waals surface area contributed by atoms with Crippen LogP contribution in [0, 0.1) is 17.3 Å². The molecular weight excluding hydrogens is 572 g/mol. The minimum atomic E-state index is -1.15. The Labute approximate surface area is 266 Å². The van der Waals surface area contributed by atoms with Crippen LogP contribution < -0.4 is 10.6 Å². The van der Waals surface area contributed by atoms with Crippen molar-refractivity contribution in [1.82, 2.24) is 10.6 Å². The van der Waals surface area contributed by atoms with Gasteiger partial charge in [-0.05, 0) is 56.2 Å². The van der Waals surface area contributed by atoms with Gasteiger partial charge in [0.2, 0.25) is 11.8 Å². The van der Waals surface area contributed by atoms with Crippen molar-refractivity contribution in [3.63, 3.8) is 0 Å². The first-order chi connectivity index (χ1) is 21.4. The highest BCUT2D eigenvalue weighted by molar-refractivity contribution is 5.93. The Kier molecular flexibility index (Phi) is 11.6. The van der Waals surface area contributed by atoms with Gasteiger partial charge >= 0.3 is 11.9 Å². The average molecular weight is 619 g/mol. The Hall–Kier alpha value is -3.98. The van der Waals surface area contributed by atoms with Crippen molar-refractivity contribution in [3.05, 3.63) is 83.9 Å². The first-order valence-electron chi connectivity index (χ1n) is 15.8. The van der Waals surface area contributed by atoms with Crippen molar-refractivity contribution in [1.29, 1.82) is 0 Å². The molecule has 0 aromatic heterocycles. The molecule has 4 rings (SSSR count). The topological polar surface area (TPSA) is 123 Å². The number of carbonyl (C=O) groups excluding carboxylic acids is 4. The van der Waals surface area contributed by atoms with E-state index in [2.05, 4.69) is 10.6 Å². The van der Waals surface area contributed by atoms with E-state index in [1.807, 2.05) is 81.4 Å². The summed E-state index contributed by atoms with van der Waals surface area (Å²) in [7, 11) is 0. The molecule has 2 amide bonds. The molecule has 0 spiro atoms. The van der Waals surface area contributed by atoms with E-state index in [4.69, 9.17) is 14.2 Å². The van der Waals surface area contributed by atoms with E-state index in [0.29, 0.717) is 12.8 Å². The second-order valence-electron chi connectivity index (χ2n) is 13.1. The molecule has 242 valence electrons. The molecule has 45 heavy (non-hydrogen) atoms. The fourth-order valence-electron chi connectivity index (χ4n) is 5.41. The molecule has 2 aliphatic rings. The number of amides is 2. The molecule has 2 heterocycles. The lowest BCUT2D eigenvalue weighted by Crippen LogP contribution is -2.50. The maximum absolute atomic E-state index is 13.5. The van der Waals surface area contributed by atoms with Crippen molar-refractivity contribution < 1.29 is 33.4 Å². The third-order valence-electron chi connectivity index (χ3n) is 8.32. The van der Waals surface area contributed by atoms with E-state index < -0.39 is 47.4 Å². The number of cyclic esters (lactones) is 2. The first-order valence-corrected chi connectivity index (χ1v) is 15.8. The Bertz CT molecular complexity index is 1340. The van der Waals surface area contributed by atoms with Crippen LogP contribution in [0.25, 0.3) is 0 Å². The fraction of sp³-hybridized carbons (Fsp3) is 0.500. The SMILES string of the molecule is CC(C)C[C@@H]1OC(=O)C(C)(C)CNC(=O)[C@@H](CCc2ccccc2)NC(=O)/C=C/C[C@@H]([C@H](C)[C@@H]2O[C@H]2c2ccccc2)OC1=O. The number of epoxide rings is 1. The minimum absolute atomic E-state index is 0.0405. The van der Waals surface area contributed by atoms with Crippen molar-refractivity contribution in [3.8, 4) is 0 Å². The van der Waals surface area contributed by atoms with Crippen LogP contribution in [0.3, 0.4) is 0 Å². The van der Waals surface area contributed by atoms with Crippen LogP contribution in [0.1, 0.15) is 71.1 Å². The number of rotatable bonds is 8. The maximum atomic E-state index is 13.5. The fourth-order valence-corrected chi connectivity index (χ4v) is 5.41. The van der Waals surface area contributed by atoms with Gasteiger partial charge in [-0.15, -0.1) is 0 Å². The molecular formula is C36H46N2O7. The molecule has 1 saturated heterocycles. The van der Waals surface area contributed by atoms with Crippen LogP contribution in [-0.2, 0) is 39.8 Å². The Morgan fingerprint density at radius 1 is 0.911 bits per heavy atom. The van der Waals surface area contributed by atoms with E-state index in [0.717, 1.165) is 11.1 Å². The van der Waals surface area contributed by atoms with Gasteiger partial charge in [-0.2, -0.15) is 0 Å². The maximum Gasteiger partial charge on any atom is 0.347 e. The zero-order valence-corrected chi connectivity index (χ0v) is 26.9. The Balaban J connectivity index is 1.57. The molecule has 1 fully saturated rings. The van der Waals surface area contributed by atoms with Crippen LogP contribution in [0.15, 0.2) is 72.8 Å². The predicted molar refractivity (Wildman–Crippen MR) is 170 cm³/mol. The smallest absolute Gasteiger partial charge is 0.347 e. The number of aryl methyl sites for hydroxylation is 1. The number of ether oxygens (including phenoxy) is 3. The van der Waals surface area contributed by atoms with E-state index >= 15 is 0 Å². The van der Waals surface area contributed by atoms with Gasteiger partial charge in [0, 0.05) is 18.9 Å². The summed E-state index contributed by atoms with van der Waals surface area (Å²) in [5.41, 5.74) is 0.933. The van der Waals surface area contributed by atoms with Gasteiger partial charge in [-0.1, -0.05) is 87.5 Å². The van der Waals surface area contributed by atoms with Crippen molar-refractivity contribution in [2.24, 2.45) is 17.3 Å². The van der Waals surface area contributed by atoms with Gasteiger partial charge in [-0.25, -0.2) is 4.79 Å². The molecule has 0 unspecified atom stereocenters. The van der Waals surface area contributed by atoms with Gasteiger partial charge in [-0.3, -0.25) is 14.4 Å². The zero-order chi connectivity index (χ0) is 32.6. The van der Waals surface area contributed by atoms with Crippen molar-refractivity contribution in [2.75, 3.05) is 6.54 Å². The van der Waals surface area contributed by atoms with Gasteiger partial charge < -0.3 is 24.8 Å². The molecule has 9 nitrogen and oxygen atoms in total. The summed E-state index contributed by atoms with van der Waals surface area (Å²) in [5.74, 6) is -2.28. The Morgan fingerprint density at radius 3 is 2.24 bits per heavy atom. The molecule has 2 aromatic rings. The number of hydrogen-bond donors (Lipinski definition) is 2. The predicted octanol–water partition coefficient (Wildman–Crippen LogP) is 4.85. The van der Waals surface area contributed by atoms with E-state index in [9.17, 15) is 19.2 Å². The van der Waals surface area contributed by atoms with Crippen LogP contribution in [0.2, 0.25) is 0 Å². The largest absolute Gasteiger partial charge is 0.459 e. The van der Waals surface area contributed by atoms with Gasteiger partial charge in [0.05, 0.1) is 11.5 Å². The third kappa shape index (κ3) is 9.75. The number of nitrogens with one attached hydrogen (secondary N) is 2. The van der Waals surface area contributed by atoms with Gasteiger partial charge in [0.25, 0.3) is 0 Å². The summed E-state index contributed by atoms with van der Waals surface area (Å²) in [4.78, 5) is 53.3. The molecule has 9 heteroatoms. The number of esters is 2. The van der Waals surface area contributed by atoms with Crippen molar-refractivity contribution >= 4 is 23.8 Å². The summed E-state index contributed by atoms with van der Waals surface area (Å²) in [5, 5.41) is 5.63. The lowest BCUT2D eigenvalue weighted by atomic mass is 9.92. The van der Waals surface area contributed by atoms with E-state index in [1.54, 1.807) is 19.9 Å². The van der Waals surface area contributed by atoms with Crippen LogP contribution in [-0.4, -0.2) is 54.7 Å². The second-order valence-corrected chi connectivity index (χ2v) is 13.1. The van der Waals surface area contributed by atoms with Crippen LogP contribution >= 0.6 is 0 Å². The molecule has 0 bridgehead atoms. The quantitative estimate of drug-likeness (QED) is 0.320.